The molecule has 1 aromatic heterocycles. The molecule has 2 atom stereocenters. The van der Waals surface area contributed by atoms with Crippen molar-refractivity contribution in [2.24, 2.45) is 5.41 Å². The molecule has 2 rings (SSSR count). The molecule has 0 aromatic carbocycles. The fraction of sp³-hybridized carbons (Fsp3) is 0.667. The lowest BCUT2D eigenvalue weighted by molar-refractivity contribution is -0.142. The number of hydrogen-bond donors (Lipinski definition) is 1. The molecule has 1 amide bonds. The summed E-state index contributed by atoms with van der Waals surface area (Å²) < 4.78 is 0. The van der Waals surface area contributed by atoms with E-state index in [0.29, 0.717) is 5.91 Å². The van der Waals surface area contributed by atoms with Gasteiger partial charge in [0, 0.05) is 23.3 Å². The van der Waals surface area contributed by atoms with E-state index in [-0.39, 0.29) is 11.5 Å². The molecule has 0 spiro atoms. The molecule has 1 aliphatic heterocycles. The molecule has 2 heterocycles. The van der Waals surface area contributed by atoms with Crippen LogP contribution in [-0.4, -0.2) is 30.9 Å². The van der Waals surface area contributed by atoms with Crippen LogP contribution in [0.2, 0.25) is 0 Å². The molecule has 3 nitrogen and oxygen atoms in total. The topological polar surface area (TPSA) is 32.3 Å². The minimum Gasteiger partial charge on any atom is -0.338 e. The zero-order valence-corrected chi connectivity index (χ0v) is 13.1. The second kappa shape index (κ2) is 5.63. The highest BCUT2D eigenvalue weighted by Gasteiger charge is 2.42. The van der Waals surface area contributed by atoms with Gasteiger partial charge in [-0.2, -0.15) is 0 Å². The lowest BCUT2D eigenvalue weighted by Crippen LogP contribution is -2.44. The number of aryl methyl sites for hydroxylation is 1. The smallest absolute Gasteiger partial charge is 0.230 e. The Morgan fingerprint density at radius 3 is 2.79 bits per heavy atom. The number of thiophene rings is 1. The quantitative estimate of drug-likeness (QED) is 0.919. The largest absolute Gasteiger partial charge is 0.338 e. The summed E-state index contributed by atoms with van der Waals surface area (Å²) in [4.78, 5) is 17.3. The van der Waals surface area contributed by atoms with Crippen LogP contribution in [0, 0.1) is 12.3 Å². The maximum atomic E-state index is 12.8. The third kappa shape index (κ3) is 2.70. The van der Waals surface area contributed by atoms with Crippen molar-refractivity contribution in [1.82, 2.24) is 10.2 Å². The first-order valence-electron chi connectivity index (χ1n) is 7.04. The van der Waals surface area contributed by atoms with Crippen molar-refractivity contribution in [3.63, 3.8) is 0 Å². The number of nitrogens with one attached hydrogen (secondary N) is 1. The number of hydrogen-bond acceptors (Lipinski definition) is 3. The van der Waals surface area contributed by atoms with Gasteiger partial charge in [0.2, 0.25) is 5.91 Å². The van der Waals surface area contributed by atoms with Crippen LogP contribution in [0.4, 0.5) is 0 Å². The first-order chi connectivity index (χ1) is 9.00. The van der Waals surface area contributed by atoms with Crippen LogP contribution in [0.1, 0.15) is 42.5 Å². The number of rotatable bonds is 4. The van der Waals surface area contributed by atoms with Crippen LogP contribution in [-0.2, 0) is 4.79 Å². The van der Waals surface area contributed by atoms with Gasteiger partial charge in [-0.1, -0.05) is 6.92 Å². The van der Waals surface area contributed by atoms with Crippen LogP contribution in [0.3, 0.4) is 0 Å². The molecule has 1 saturated heterocycles. The van der Waals surface area contributed by atoms with E-state index < -0.39 is 0 Å². The van der Waals surface area contributed by atoms with Gasteiger partial charge in [0.05, 0.1) is 11.5 Å². The Labute approximate surface area is 120 Å². The third-order valence-corrected chi connectivity index (χ3v) is 5.62. The fourth-order valence-electron chi connectivity index (χ4n) is 2.80. The highest BCUT2D eigenvalue weighted by molar-refractivity contribution is 7.12. The first kappa shape index (κ1) is 14.5. The van der Waals surface area contributed by atoms with Gasteiger partial charge in [0.15, 0.2) is 0 Å². The Kier molecular flexibility index (Phi) is 4.31. The Hall–Kier alpha value is -0.870. The van der Waals surface area contributed by atoms with Gasteiger partial charge in [-0.25, -0.2) is 0 Å². The Morgan fingerprint density at radius 1 is 1.58 bits per heavy atom. The van der Waals surface area contributed by atoms with E-state index in [2.05, 4.69) is 38.2 Å². The lowest BCUT2D eigenvalue weighted by Gasteiger charge is -2.34. The van der Waals surface area contributed by atoms with Crippen molar-refractivity contribution < 1.29 is 4.79 Å². The Bertz CT molecular complexity index is 449. The molecule has 1 aromatic rings. The molecule has 0 saturated carbocycles. The normalized spacial score (nSPS) is 24.4. The number of carbonyl (C=O) groups excluding carboxylic acids is 1. The van der Waals surface area contributed by atoms with E-state index in [0.717, 1.165) is 25.9 Å². The minimum absolute atomic E-state index is 0.162. The van der Waals surface area contributed by atoms with Gasteiger partial charge in [-0.15, -0.1) is 11.3 Å². The number of amides is 1. The van der Waals surface area contributed by atoms with Crippen molar-refractivity contribution in [1.29, 1.82) is 0 Å². The minimum atomic E-state index is -0.185. The van der Waals surface area contributed by atoms with E-state index in [9.17, 15) is 4.79 Å². The van der Waals surface area contributed by atoms with Crippen molar-refractivity contribution in [2.45, 2.75) is 39.7 Å². The SMILES string of the molecule is CCC1(C(=O)N(C)C(C)c2ccc(C)s2)CCNC1. The summed E-state index contributed by atoms with van der Waals surface area (Å²) in [6.45, 7) is 8.13. The van der Waals surface area contributed by atoms with Gasteiger partial charge < -0.3 is 10.2 Å². The van der Waals surface area contributed by atoms with Gasteiger partial charge in [0.25, 0.3) is 0 Å². The molecular formula is C15H24N2OS. The molecule has 4 heteroatoms. The highest BCUT2D eigenvalue weighted by atomic mass is 32.1. The summed E-state index contributed by atoms with van der Waals surface area (Å²) in [5.74, 6) is 0.290. The number of nitrogens with zero attached hydrogens (tertiary/aromatic N) is 1. The fourth-order valence-corrected chi connectivity index (χ4v) is 3.77. The van der Waals surface area contributed by atoms with Crippen molar-refractivity contribution >= 4 is 17.2 Å². The summed E-state index contributed by atoms with van der Waals surface area (Å²) in [6, 6.07) is 4.43. The Morgan fingerprint density at radius 2 is 2.32 bits per heavy atom. The molecule has 0 aliphatic carbocycles. The van der Waals surface area contributed by atoms with Gasteiger partial charge >= 0.3 is 0 Å². The molecular weight excluding hydrogens is 256 g/mol. The Balaban J connectivity index is 2.14. The molecule has 1 N–H and O–H groups in total. The highest BCUT2D eigenvalue weighted by Crippen LogP contribution is 2.35. The zero-order valence-electron chi connectivity index (χ0n) is 12.3. The molecule has 19 heavy (non-hydrogen) atoms. The summed E-state index contributed by atoms with van der Waals surface area (Å²) in [5, 5.41) is 3.34. The van der Waals surface area contributed by atoms with Crippen molar-refractivity contribution in [3.05, 3.63) is 21.9 Å². The van der Waals surface area contributed by atoms with Crippen LogP contribution in [0.5, 0.6) is 0 Å². The van der Waals surface area contributed by atoms with Crippen LogP contribution < -0.4 is 5.32 Å². The predicted octanol–water partition coefficient (Wildman–Crippen LogP) is 2.97. The van der Waals surface area contributed by atoms with Gasteiger partial charge in [-0.3, -0.25) is 4.79 Å². The standard InChI is InChI=1S/C15H24N2OS/c1-5-15(8-9-16-10-15)14(18)17(4)12(3)13-7-6-11(2)19-13/h6-7,12,16H,5,8-10H2,1-4H3. The van der Waals surface area contributed by atoms with Crippen LogP contribution in [0.25, 0.3) is 0 Å². The van der Waals surface area contributed by atoms with Crippen LogP contribution >= 0.6 is 11.3 Å². The number of carbonyl (C=O) groups is 1. The maximum Gasteiger partial charge on any atom is 0.230 e. The van der Waals surface area contributed by atoms with E-state index in [1.807, 2.05) is 11.9 Å². The maximum absolute atomic E-state index is 12.8. The monoisotopic (exact) mass is 280 g/mol. The second-order valence-electron chi connectivity index (χ2n) is 5.60. The summed E-state index contributed by atoms with van der Waals surface area (Å²) in [7, 11) is 1.94. The van der Waals surface area contributed by atoms with E-state index >= 15 is 0 Å². The molecule has 0 radical (unpaired) electrons. The average molecular weight is 280 g/mol. The molecule has 106 valence electrons. The van der Waals surface area contributed by atoms with E-state index in [1.54, 1.807) is 11.3 Å². The molecule has 0 bridgehead atoms. The summed E-state index contributed by atoms with van der Waals surface area (Å²) >= 11 is 1.78. The zero-order chi connectivity index (χ0) is 14.0. The first-order valence-corrected chi connectivity index (χ1v) is 7.86. The summed E-state index contributed by atoms with van der Waals surface area (Å²) in [5.41, 5.74) is -0.185. The second-order valence-corrected chi connectivity index (χ2v) is 6.92. The van der Waals surface area contributed by atoms with Crippen LogP contribution in [0.15, 0.2) is 12.1 Å². The summed E-state index contributed by atoms with van der Waals surface area (Å²) in [6.07, 6.45) is 1.88. The van der Waals surface area contributed by atoms with Crippen molar-refractivity contribution in [3.8, 4) is 0 Å². The molecule has 2 unspecified atom stereocenters. The predicted molar refractivity (Wildman–Crippen MR) is 80.5 cm³/mol. The van der Waals surface area contributed by atoms with Gasteiger partial charge in [0.1, 0.15) is 0 Å². The van der Waals surface area contributed by atoms with E-state index in [4.69, 9.17) is 0 Å². The van der Waals surface area contributed by atoms with E-state index in [1.165, 1.54) is 9.75 Å². The van der Waals surface area contributed by atoms with Gasteiger partial charge in [-0.05, 0) is 45.4 Å². The molecule has 1 fully saturated rings. The lowest BCUT2D eigenvalue weighted by atomic mass is 9.82. The average Bonchev–Trinajstić information content (AvgIpc) is 3.05. The molecule has 1 aliphatic rings. The third-order valence-electron chi connectivity index (χ3n) is 4.45. The van der Waals surface area contributed by atoms with Crippen molar-refractivity contribution in [2.75, 3.05) is 20.1 Å².